The fourth-order valence-corrected chi connectivity index (χ4v) is 5.02. The van der Waals surface area contributed by atoms with Crippen molar-refractivity contribution >= 4 is 34.7 Å². The predicted molar refractivity (Wildman–Crippen MR) is 123 cm³/mol. The van der Waals surface area contributed by atoms with Crippen LogP contribution in [0.2, 0.25) is 0 Å². The molecule has 3 heterocycles. The molecule has 1 amide bonds. The van der Waals surface area contributed by atoms with Gasteiger partial charge in [-0.3, -0.25) is 4.79 Å². The molecule has 0 spiro atoms. The van der Waals surface area contributed by atoms with Gasteiger partial charge < -0.3 is 16.0 Å². The number of carbonyl (C=O) groups is 1. The number of nitrogens with two attached hydrogens (primary N) is 1. The predicted octanol–water partition coefficient (Wildman–Crippen LogP) is 3.42. The fourth-order valence-electron chi connectivity index (χ4n) is 4.31. The summed E-state index contributed by atoms with van der Waals surface area (Å²) in [6, 6.07) is 7.97. The Balaban J connectivity index is 1.37. The molecule has 0 saturated carbocycles. The molecule has 1 aliphatic heterocycles. The first-order valence-corrected chi connectivity index (χ1v) is 11.4. The quantitative estimate of drug-likeness (QED) is 0.651. The second-order valence-corrected chi connectivity index (χ2v) is 9.10. The summed E-state index contributed by atoms with van der Waals surface area (Å²) in [5.41, 5.74) is 10.1. The minimum absolute atomic E-state index is 0.153. The molecule has 8 nitrogen and oxygen atoms in total. The number of nitrogens with one attached hydrogen (secondary N) is 1. The normalized spacial score (nSPS) is 20.5. The third-order valence-electron chi connectivity index (χ3n) is 5.83. The molecular weight excluding hydrogens is 410 g/mol. The van der Waals surface area contributed by atoms with Crippen LogP contribution in [0.4, 0.5) is 11.4 Å². The molecule has 31 heavy (non-hydrogen) atoms. The number of nitrogens with zero attached hydrogens (tertiary/aromatic N) is 5. The van der Waals surface area contributed by atoms with Crippen LogP contribution in [-0.4, -0.2) is 45.0 Å². The first-order chi connectivity index (χ1) is 15.1. The molecule has 2 unspecified atom stereocenters. The maximum absolute atomic E-state index is 13.0. The average molecular weight is 436 g/mol. The summed E-state index contributed by atoms with van der Waals surface area (Å²) in [7, 11) is 0. The van der Waals surface area contributed by atoms with Crippen molar-refractivity contribution in [3.05, 3.63) is 52.8 Å². The summed E-state index contributed by atoms with van der Waals surface area (Å²) in [5, 5.41) is 16.8. The van der Waals surface area contributed by atoms with Crippen LogP contribution in [0.15, 0.2) is 36.5 Å². The van der Waals surface area contributed by atoms with Gasteiger partial charge in [0.1, 0.15) is 0 Å². The van der Waals surface area contributed by atoms with E-state index in [-0.39, 0.29) is 11.9 Å². The topological polar surface area (TPSA) is 102 Å². The zero-order valence-electron chi connectivity index (χ0n) is 17.4. The Morgan fingerprint density at radius 3 is 3.03 bits per heavy atom. The number of allylic oxidation sites excluding steroid dienone is 1. The highest BCUT2D eigenvalue weighted by Crippen LogP contribution is 2.32. The zero-order valence-corrected chi connectivity index (χ0v) is 18.2. The molecule has 3 aromatic rings. The second kappa shape index (κ2) is 8.24. The van der Waals surface area contributed by atoms with Gasteiger partial charge >= 0.3 is 0 Å². The largest absolute Gasteiger partial charge is 0.368 e. The van der Waals surface area contributed by atoms with Gasteiger partial charge in [0.2, 0.25) is 10.1 Å². The van der Waals surface area contributed by atoms with Gasteiger partial charge in [-0.25, -0.2) is 4.68 Å². The number of piperidine rings is 1. The van der Waals surface area contributed by atoms with Crippen LogP contribution >= 0.6 is 11.3 Å². The van der Waals surface area contributed by atoms with Gasteiger partial charge in [0.05, 0.1) is 23.3 Å². The molecular formula is C22H25N7OS. The average Bonchev–Trinajstić information content (AvgIpc) is 3.42. The van der Waals surface area contributed by atoms with E-state index in [0.717, 1.165) is 55.0 Å². The molecule has 3 N–H and O–H groups in total. The van der Waals surface area contributed by atoms with E-state index in [1.807, 2.05) is 30.5 Å². The monoisotopic (exact) mass is 435 g/mol. The maximum atomic E-state index is 13.0. The van der Waals surface area contributed by atoms with Crippen molar-refractivity contribution in [2.45, 2.75) is 38.1 Å². The Labute approximate surface area is 184 Å². The Kier molecular flexibility index (Phi) is 5.29. The van der Waals surface area contributed by atoms with Crippen LogP contribution in [0.25, 0.3) is 11.2 Å². The number of aromatic nitrogens is 4. The first-order valence-electron chi connectivity index (χ1n) is 10.6. The first kappa shape index (κ1) is 19.9. The van der Waals surface area contributed by atoms with Crippen LogP contribution < -0.4 is 16.0 Å². The van der Waals surface area contributed by atoms with Gasteiger partial charge in [-0.2, -0.15) is 5.10 Å². The lowest BCUT2D eigenvalue weighted by Gasteiger charge is -2.33. The molecule has 2 atom stereocenters. The molecule has 2 aromatic heterocycles. The third kappa shape index (κ3) is 3.86. The summed E-state index contributed by atoms with van der Waals surface area (Å²) in [5.74, 6) is 0.0675. The SMILES string of the molecule is CC1CC=Cc2cnn(-c3nnc(C(=O)Nc4ccccc4N4CCCC(N)C4)s3)c21. The molecule has 2 aliphatic rings. The van der Waals surface area contributed by atoms with Gasteiger partial charge in [-0.15, -0.1) is 10.2 Å². The summed E-state index contributed by atoms with van der Waals surface area (Å²) in [4.78, 5) is 15.2. The Bertz CT molecular complexity index is 1130. The molecule has 1 fully saturated rings. The van der Waals surface area contributed by atoms with E-state index in [4.69, 9.17) is 5.73 Å². The van der Waals surface area contributed by atoms with Crippen molar-refractivity contribution in [1.82, 2.24) is 20.0 Å². The molecule has 9 heteroatoms. The van der Waals surface area contributed by atoms with Crippen LogP contribution in [-0.2, 0) is 0 Å². The van der Waals surface area contributed by atoms with E-state index in [1.165, 1.54) is 11.3 Å². The Morgan fingerprint density at radius 1 is 1.29 bits per heavy atom. The summed E-state index contributed by atoms with van der Waals surface area (Å²) in [6.07, 6.45) is 9.11. The van der Waals surface area contributed by atoms with Crippen LogP contribution in [0.1, 0.15) is 53.2 Å². The smallest absolute Gasteiger partial charge is 0.286 e. The molecule has 0 bridgehead atoms. The number of anilines is 2. The number of amides is 1. The summed E-state index contributed by atoms with van der Waals surface area (Å²) < 4.78 is 1.81. The lowest BCUT2D eigenvalue weighted by atomic mass is 9.95. The zero-order chi connectivity index (χ0) is 21.4. The van der Waals surface area contributed by atoms with E-state index in [1.54, 1.807) is 4.68 Å². The van der Waals surface area contributed by atoms with Crippen molar-refractivity contribution in [3.63, 3.8) is 0 Å². The minimum atomic E-state index is -0.272. The van der Waals surface area contributed by atoms with Crippen molar-refractivity contribution in [1.29, 1.82) is 0 Å². The van der Waals surface area contributed by atoms with E-state index in [0.29, 0.717) is 16.1 Å². The maximum Gasteiger partial charge on any atom is 0.286 e. The fraction of sp³-hybridized carbons (Fsp3) is 0.364. The minimum Gasteiger partial charge on any atom is -0.368 e. The number of fused-ring (bicyclic) bond motifs is 1. The van der Waals surface area contributed by atoms with Crippen LogP contribution in [0.5, 0.6) is 0 Å². The second-order valence-electron chi connectivity index (χ2n) is 8.15. The number of benzene rings is 1. The van der Waals surface area contributed by atoms with E-state index < -0.39 is 0 Å². The molecule has 1 aliphatic carbocycles. The highest BCUT2D eigenvalue weighted by Gasteiger charge is 2.24. The molecule has 160 valence electrons. The Morgan fingerprint density at radius 2 is 2.16 bits per heavy atom. The standard InChI is InChI=1S/C22H25N7OS/c1-14-6-4-7-15-12-24-29(19(14)15)22-27-26-21(31-22)20(30)25-17-9-2-3-10-18(17)28-11-5-8-16(23)13-28/h2-4,7,9-10,12,14,16H,5-6,8,11,13,23H2,1H3,(H,25,30). The molecule has 5 rings (SSSR count). The highest BCUT2D eigenvalue weighted by molar-refractivity contribution is 7.15. The van der Waals surface area contributed by atoms with Crippen molar-refractivity contribution in [3.8, 4) is 5.13 Å². The lowest BCUT2D eigenvalue weighted by Crippen LogP contribution is -2.43. The van der Waals surface area contributed by atoms with E-state index >= 15 is 0 Å². The Hall–Kier alpha value is -3.04. The summed E-state index contributed by atoms with van der Waals surface area (Å²) in [6.45, 7) is 3.88. The van der Waals surface area contributed by atoms with Crippen LogP contribution in [0, 0.1) is 0 Å². The van der Waals surface area contributed by atoms with E-state index in [2.05, 4.69) is 44.6 Å². The summed E-state index contributed by atoms with van der Waals surface area (Å²) >= 11 is 1.24. The van der Waals surface area contributed by atoms with Gasteiger partial charge in [0.25, 0.3) is 5.91 Å². The third-order valence-corrected chi connectivity index (χ3v) is 6.73. The van der Waals surface area contributed by atoms with Gasteiger partial charge in [-0.05, 0) is 31.4 Å². The van der Waals surface area contributed by atoms with Gasteiger partial charge in [0.15, 0.2) is 0 Å². The number of hydrogen-bond donors (Lipinski definition) is 2. The van der Waals surface area contributed by atoms with Gasteiger partial charge in [-0.1, -0.05) is 42.5 Å². The number of para-hydroxylation sites is 2. The molecule has 1 aromatic carbocycles. The van der Waals surface area contributed by atoms with Crippen LogP contribution in [0.3, 0.4) is 0 Å². The number of hydrogen-bond acceptors (Lipinski definition) is 7. The highest BCUT2D eigenvalue weighted by atomic mass is 32.1. The number of carbonyl (C=O) groups excluding carboxylic acids is 1. The lowest BCUT2D eigenvalue weighted by molar-refractivity contribution is 0.102. The van der Waals surface area contributed by atoms with E-state index in [9.17, 15) is 4.79 Å². The number of rotatable bonds is 4. The van der Waals surface area contributed by atoms with Crippen molar-refractivity contribution in [2.75, 3.05) is 23.3 Å². The van der Waals surface area contributed by atoms with Gasteiger partial charge in [0, 0.05) is 30.6 Å². The molecule has 1 saturated heterocycles. The van der Waals surface area contributed by atoms with Crippen molar-refractivity contribution < 1.29 is 4.79 Å². The molecule has 0 radical (unpaired) electrons. The van der Waals surface area contributed by atoms with Crippen molar-refractivity contribution in [2.24, 2.45) is 5.73 Å².